The van der Waals surface area contributed by atoms with Crippen molar-refractivity contribution < 1.29 is 27.1 Å². The predicted octanol–water partition coefficient (Wildman–Crippen LogP) is 0.729. The van der Waals surface area contributed by atoms with Gasteiger partial charge in [0.15, 0.2) is 0 Å². The van der Waals surface area contributed by atoms with Crippen LogP contribution in [0.5, 0.6) is 0 Å². The molecule has 2 rings (SSSR count). The second kappa shape index (κ2) is 10.1. The molecule has 1 heterocycles. The van der Waals surface area contributed by atoms with E-state index in [2.05, 4.69) is 5.32 Å². The SMILES string of the molecule is C[C@H](C(=O)NC[C@@H]1CCCO1)N(Cc1ccc(F)cc1)C(=O)CN(C)S(C)(=O)=O. The Morgan fingerprint density at radius 2 is 1.97 bits per heavy atom. The van der Waals surface area contributed by atoms with Gasteiger partial charge in [0, 0.05) is 26.7 Å². The van der Waals surface area contributed by atoms with Crippen molar-refractivity contribution in [3.63, 3.8) is 0 Å². The number of likely N-dealkylation sites (N-methyl/N-ethyl adjacent to an activating group) is 1. The van der Waals surface area contributed by atoms with Gasteiger partial charge in [0.25, 0.3) is 0 Å². The molecule has 1 fully saturated rings. The lowest BCUT2D eigenvalue weighted by Crippen LogP contribution is -2.51. The molecule has 1 aromatic carbocycles. The van der Waals surface area contributed by atoms with Crippen molar-refractivity contribution in [3.05, 3.63) is 35.6 Å². The lowest BCUT2D eigenvalue weighted by molar-refractivity contribution is -0.140. The predicted molar refractivity (Wildman–Crippen MR) is 106 cm³/mol. The highest BCUT2D eigenvalue weighted by atomic mass is 32.2. The summed E-state index contributed by atoms with van der Waals surface area (Å²) in [7, 11) is -2.26. The van der Waals surface area contributed by atoms with E-state index in [-0.39, 0.29) is 18.6 Å². The molecule has 0 bridgehead atoms. The summed E-state index contributed by atoms with van der Waals surface area (Å²) in [5.74, 6) is -1.30. The van der Waals surface area contributed by atoms with Crippen LogP contribution in [0.2, 0.25) is 0 Å². The Bertz CT molecular complexity index is 810. The van der Waals surface area contributed by atoms with Gasteiger partial charge in [-0.15, -0.1) is 0 Å². The molecule has 1 saturated heterocycles. The third kappa shape index (κ3) is 7.06. The molecule has 162 valence electrons. The van der Waals surface area contributed by atoms with E-state index in [0.29, 0.717) is 18.7 Å². The number of amides is 2. The minimum Gasteiger partial charge on any atom is -0.376 e. The van der Waals surface area contributed by atoms with E-state index in [4.69, 9.17) is 4.74 Å². The molecule has 2 amide bonds. The zero-order valence-corrected chi connectivity index (χ0v) is 17.7. The lowest BCUT2D eigenvalue weighted by atomic mass is 10.1. The number of rotatable bonds is 9. The monoisotopic (exact) mass is 429 g/mol. The van der Waals surface area contributed by atoms with Gasteiger partial charge in [0.2, 0.25) is 21.8 Å². The maximum atomic E-state index is 13.2. The van der Waals surface area contributed by atoms with Crippen molar-refractivity contribution >= 4 is 21.8 Å². The number of hydrogen-bond donors (Lipinski definition) is 1. The fourth-order valence-electron chi connectivity index (χ4n) is 2.94. The van der Waals surface area contributed by atoms with Gasteiger partial charge in [-0.2, -0.15) is 4.31 Å². The molecular formula is C19H28FN3O5S. The fraction of sp³-hybridized carbons (Fsp3) is 0.579. The molecule has 0 unspecified atom stereocenters. The molecule has 2 atom stereocenters. The molecule has 0 spiro atoms. The van der Waals surface area contributed by atoms with Crippen LogP contribution in [-0.4, -0.2) is 74.6 Å². The number of carbonyl (C=O) groups excluding carboxylic acids is 2. The number of sulfonamides is 1. The normalized spacial score (nSPS) is 17.9. The van der Waals surface area contributed by atoms with Crippen LogP contribution in [0, 0.1) is 5.82 Å². The van der Waals surface area contributed by atoms with Crippen molar-refractivity contribution in [1.82, 2.24) is 14.5 Å². The van der Waals surface area contributed by atoms with Crippen molar-refractivity contribution in [2.24, 2.45) is 0 Å². The van der Waals surface area contributed by atoms with Crippen molar-refractivity contribution in [1.29, 1.82) is 0 Å². The Morgan fingerprint density at radius 1 is 1.31 bits per heavy atom. The second-order valence-electron chi connectivity index (χ2n) is 7.22. The molecule has 10 heteroatoms. The summed E-state index contributed by atoms with van der Waals surface area (Å²) in [4.78, 5) is 26.7. The standard InChI is InChI=1S/C19H28FN3O5S/c1-14(19(25)21-11-17-5-4-10-28-17)23(12-15-6-8-16(20)9-7-15)18(24)13-22(2)29(3,26)27/h6-9,14,17H,4-5,10-13H2,1-3H3,(H,21,25)/t14-,17+/m1/s1. The van der Waals surface area contributed by atoms with Crippen LogP contribution in [0.4, 0.5) is 4.39 Å². The minimum absolute atomic E-state index is 0.0382. The molecule has 1 aliphatic rings. The van der Waals surface area contributed by atoms with Crippen LogP contribution >= 0.6 is 0 Å². The number of halogens is 1. The van der Waals surface area contributed by atoms with Gasteiger partial charge < -0.3 is 15.0 Å². The first kappa shape index (κ1) is 23.2. The highest BCUT2D eigenvalue weighted by Gasteiger charge is 2.29. The molecule has 0 radical (unpaired) electrons. The van der Waals surface area contributed by atoms with E-state index in [1.807, 2.05) is 0 Å². The van der Waals surface area contributed by atoms with Gasteiger partial charge in [0.05, 0.1) is 18.9 Å². The van der Waals surface area contributed by atoms with Gasteiger partial charge in [-0.05, 0) is 37.5 Å². The summed E-state index contributed by atoms with van der Waals surface area (Å²) in [6.07, 6.45) is 2.78. The first-order valence-electron chi connectivity index (χ1n) is 9.42. The summed E-state index contributed by atoms with van der Waals surface area (Å²) in [6, 6.07) is 4.73. The molecule has 1 N–H and O–H groups in total. The van der Waals surface area contributed by atoms with Gasteiger partial charge in [-0.25, -0.2) is 12.8 Å². The van der Waals surface area contributed by atoms with Crippen LogP contribution < -0.4 is 5.32 Å². The van der Waals surface area contributed by atoms with E-state index < -0.39 is 34.3 Å². The van der Waals surface area contributed by atoms with Crippen LogP contribution in [0.1, 0.15) is 25.3 Å². The van der Waals surface area contributed by atoms with Crippen LogP contribution in [0.15, 0.2) is 24.3 Å². The molecule has 1 aromatic rings. The van der Waals surface area contributed by atoms with E-state index in [0.717, 1.165) is 23.4 Å². The van der Waals surface area contributed by atoms with Crippen molar-refractivity contribution in [2.75, 3.05) is 33.0 Å². The molecular weight excluding hydrogens is 401 g/mol. The number of hydrogen-bond acceptors (Lipinski definition) is 5. The Kier molecular flexibility index (Phi) is 8.12. The Balaban J connectivity index is 2.11. The highest BCUT2D eigenvalue weighted by molar-refractivity contribution is 7.88. The van der Waals surface area contributed by atoms with Gasteiger partial charge >= 0.3 is 0 Å². The largest absolute Gasteiger partial charge is 0.376 e. The number of nitrogens with one attached hydrogen (secondary N) is 1. The fourth-order valence-corrected chi connectivity index (χ4v) is 3.28. The zero-order chi connectivity index (χ0) is 21.6. The Labute approximate surface area is 171 Å². The molecule has 8 nitrogen and oxygen atoms in total. The number of ether oxygens (including phenoxy) is 1. The van der Waals surface area contributed by atoms with Gasteiger partial charge in [-0.3, -0.25) is 9.59 Å². The maximum Gasteiger partial charge on any atom is 0.242 e. The third-order valence-corrected chi connectivity index (χ3v) is 6.15. The summed E-state index contributed by atoms with van der Waals surface area (Å²) >= 11 is 0. The number of carbonyl (C=O) groups is 2. The second-order valence-corrected chi connectivity index (χ2v) is 9.31. The molecule has 0 aromatic heterocycles. The summed E-state index contributed by atoms with van der Waals surface area (Å²) in [5.41, 5.74) is 0.625. The summed E-state index contributed by atoms with van der Waals surface area (Å²) < 4.78 is 42.9. The third-order valence-electron chi connectivity index (χ3n) is 4.89. The zero-order valence-electron chi connectivity index (χ0n) is 16.9. The number of benzene rings is 1. The topological polar surface area (TPSA) is 96.0 Å². The first-order chi connectivity index (χ1) is 13.6. The van der Waals surface area contributed by atoms with Crippen LogP contribution in [0.25, 0.3) is 0 Å². The van der Waals surface area contributed by atoms with E-state index in [1.54, 1.807) is 6.92 Å². The lowest BCUT2D eigenvalue weighted by Gasteiger charge is -2.30. The summed E-state index contributed by atoms with van der Waals surface area (Å²) in [6.45, 7) is 2.25. The molecule has 29 heavy (non-hydrogen) atoms. The minimum atomic E-state index is -3.56. The van der Waals surface area contributed by atoms with E-state index in [9.17, 15) is 22.4 Å². The van der Waals surface area contributed by atoms with Crippen LogP contribution in [-0.2, 0) is 30.9 Å². The smallest absolute Gasteiger partial charge is 0.242 e. The first-order valence-corrected chi connectivity index (χ1v) is 11.3. The summed E-state index contributed by atoms with van der Waals surface area (Å²) in [5, 5.41) is 2.79. The Morgan fingerprint density at radius 3 is 2.52 bits per heavy atom. The molecule has 0 saturated carbocycles. The average molecular weight is 430 g/mol. The molecule has 0 aliphatic carbocycles. The Hall–Kier alpha value is -2.04. The maximum absolute atomic E-state index is 13.2. The van der Waals surface area contributed by atoms with Crippen molar-refractivity contribution in [3.8, 4) is 0 Å². The van der Waals surface area contributed by atoms with Gasteiger partial charge in [0.1, 0.15) is 11.9 Å². The highest BCUT2D eigenvalue weighted by Crippen LogP contribution is 2.13. The molecule has 1 aliphatic heterocycles. The quantitative estimate of drug-likeness (QED) is 0.624. The van der Waals surface area contributed by atoms with Crippen LogP contribution in [0.3, 0.4) is 0 Å². The number of nitrogens with zero attached hydrogens (tertiary/aromatic N) is 2. The van der Waals surface area contributed by atoms with Crippen molar-refractivity contribution in [2.45, 2.75) is 38.5 Å². The van der Waals surface area contributed by atoms with E-state index >= 15 is 0 Å². The average Bonchev–Trinajstić information content (AvgIpc) is 3.17. The van der Waals surface area contributed by atoms with Gasteiger partial charge in [-0.1, -0.05) is 12.1 Å². The van der Waals surface area contributed by atoms with E-state index in [1.165, 1.54) is 36.2 Å².